The molecule has 11 atom stereocenters. The summed E-state index contributed by atoms with van der Waals surface area (Å²) in [6.45, 7) is 14.3. The van der Waals surface area contributed by atoms with Gasteiger partial charge < -0.3 is 85.9 Å². The molecule has 4 aromatic rings. The summed E-state index contributed by atoms with van der Waals surface area (Å²) in [5.41, 5.74) is 0.804. The minimum atomic E-state index is -1.75. The number of benzene rings is 4. The first kappa shape index (κ1) is 91.6. The Morgan fingerprint density at radius 3 is 1.36 bits per heavy atom. The molecule has 30 heteroatoms. The summed E-state index contributed by atoms with van der Waals surface area (Å²) >= 11 is 0. The molecule has 30 nitrogen and oxygen atoms in total. The normalized spacial score (nSPS) is 21.9. The van der Waals surface area contributed by atoms with E-state index in [4.69, 9.17) is 28.4 Å². The Hall–Kier alpha value is -10.3. The maximum atomic E-state index is 14.6. The second-order valence-corrected chi connectivity index (χ2v) is 33.3. The van der Waals surface area contributed by atoms with Crippen LogP contribution in [0.15, 0.2) is 109 Å². The standard InChI is InChI=1S/C44H61N5O10.C44H59N5O10/c2*1-5-14-33(39(52)41(54)45-26-36(51)48-38(30-18-10-7-11-19-30)43(56)59-44(2,3)4)46-40(53)34-25-32-27-49(34)42(55)37(29-16-8-6-9-17-29)47-35(50)24-28-15-12-20-31(23-28)57-21-13-22-58-32/h7,10-12,15,18-20,23,29,32-34,37-39,52H,5-6,8-9,13-14,16-17,21-22,24-27H2,1-4H3,(H,45,54)(H,46,53)(H,47,50)(H,48,51);7,10-12,15,18-20,23,29,32-34,37-38H,5-6,8-9,13-14,16-17,21-22,24-27H2,1-4H3,(H,45,54)(H,46,53)(H,47,50)(H,48,51)/t32-,33?,34+,37+,38+,39?;32-,33?,34+,37+,38+/m11/s1. The van der Waals surface area contributed by atoms with Crippen molar-refractivity contribution in [2.24, 2.45) is 11.8 Å². The third kappa shape index (κ3) is 27.9. The molecule has 642 valence electrons. The first-order chi connectivity index (χ1) is 56.4. The van der Waals surface area contributed by atoms with Crippen LogP contribution in [0.2, 0.25) is 0 Å². The van der Waals surface area contributed by atoms with Crippen LogP contribution in [-0.4, -0.2) is 210 Å². The molecule has 3 unspecified atom stereocenters. The predicted octanol–water partition coefficient (Wildman–Crippen LogP) is 6.26. The fraction of sp³-hybridized carbons (Fsp3) is 0.580. The molecule has 0 radical (unpaired) electrons. The second-order valence-electron chi connectivity index (χ2n) is 33.3. The first-order valence-corrected chi connectivity index (χ1v) is 41.8. The molecule has 118 heavy (non-hydrogen) atoms. The van der Waals surface area contributed by atoms with Gasteiger partial charge in [0.25, 0.3) is 11.8 Å². The number of nitrogens with zero attached hydrogens (tertiary/aromatic N) is 2. The van der Waals surface area contributed by atoms with Crippen molar-refractivity contribution < 1.29 is 95.9 Å². The number of Topliss-reactive ketones (excluding diaryl/α,β-unsaturated/α-hetero) is 1. The Kier molecular flexibility index (Phi) is 34.5. The highest BCUT2D eigenvalue weighted by Crippen LogP contribution is 2.34. The Morgan fingerprint density at radius 1 is 0.508 bits per heavy atom. The molecule has 9 N–H and O–H groups in total. The van der Waals surface area contributed by atoms with Crippen molar-refractivity contribution in [2.75, 3.05) is 52.6 Å². The van der Waals surface area contributed by atoms with Gasteiger partial charge in [-0.1, -0.05) is 150 Å². The quantitative estimate of drug-likeness (QED) is 0.0276. The summed E-state index contributed by atoms with van der Waals surface area (Å²) in [7, 11) is 0. The summed E-state index contributed by atoms with van der Waals surface area (Å²) in [4.78, 5) is 180. The number of aliphatic hydroxyl groups excluding tert-OH is 1. The van der Waals surface area contributed by atoms with Crippen molar-refractivity contribution in [2.45, 2.75) is 262 Å². The number of ether oxygens (including phenoxy) is 6. The van der Waals surface area contributed by atoms with Gasteiger partial charge in [0, 0.05) is 38.8 Å². The lowest BCUT2D eigenvalue weighted by atomic mass is 9.83. The Morgan fingerprint density at radius 2 is 0.932 bits per heavy atom. The molecule has 6 aliphatic rings. The summed E-state index contributed by atoms with van der Waals surface area (Å²) in [5, 5.41) is 32.8. The van der Waals surface area contributed by atoms with E-state index in [1.807, 2.05) is 55.5 Å². The summed E-state index contributed by atoms with van der Waals surface area (Å²) in [6.07, 6.45) is 8.82. The summed E-state index contributed by atoms with van der Waals surface area (Å²) in [5.74, 6) is -7.32. The van der Waals surface area contributed by atoms with Crippen LogP contribution in [-0.2, 0) is 94.1 Å². The number of fused-ring (bicyclic) bond motifs is 8. The lowest BCUT2D eigenvalue weighted by molar-refractivity contribution is -0.159. The van der Waals surface area contributed by atoms with E-state index in [1.54, 1.807) is 109 Å². The minimum absolute atomic E-state index is 0.0469. The van der Waals surface area contributed by atoms with Gasteiger partial charge in [0.1, 0.15) is 46.9 Å². The molecule has 0 aromatic heterocycles. The molecule has 2 saturated heterocycles. The zero-order chi connectivity index (χ0) is 85.1. The number of rotatable bonds is 24. The van der Waals surface area contributed by atoms with E-state index < -0.39 is 144 Å². The minimum Gasteiger partial charge on any atom is -0.493 e. The monoisotopic (exact) mass is 1640 g/mol. The van der Waals surface area contributed by atoms with Gasteiger partial charge in [-0.3, -0.25) is 52.7 Å². The summed E-state index contributed by atoms with van der Waals surface area (Å²) < 4.78 is 35.2. The molecule has 4 aliphatic heterocycles. The number of aliphatic hydroxyl groups is 1. The molecule has 2 saturated carbocycles. The molecule has 0 spiro atoms. The third-order valence-electron chi connectivity index (χ3n) is 21.5. The van der Waals surface area contributed by atoms with E-state index >= 15 is 0 Å². The van der Waals surface area contributed by atoms with E-state index in [9.17, 15) is 67.4 Å². The Balaban J connectivity index is 0.000000269. The number of carbonyl (C=O) groups is 13. The van der Waals surface area contributed by atoms with Gasteiger partial charge in [0.2, 0.25) is 53.0 Å². The van der Waals surface area contributed by atoms with Gasteiger partial charge in [-0.2, -0.15) is 0 Å². The van der Waals surface area contributed by atoms with Crippen LogP contribution in [0.5, 0.6) is 11.5 Å². The SMILES string of the molecule is CCCC(NC(=O)[C@@H]1C[C@@H]2CN1C(=O)[C@H](C1CCCCC1)NC(=O)Cc1cccc(c1)OCCCO2)C(=O)C(=O)NCC(=O)N[C@H](C(=O)OC(C)(C)C)c1ccccc1.CCCC(NC(=O)[C@@H]1C[C@@H]2CN1C(=O)[C@H](C1CCCCC1)NC(=O)Cc1cccc(c1)OCCCO2)C(O)C(=O)NCC(=O)N[C@H](C(=O)OC(C)(C)C)c1ccccc1. The highest BCUT2D eigenvalue weighted by Gasteiger charge is 2.48. The molecule has 4 aromatic carbocycles. The first-order valence-electron chi connectivity index (χ1n) is 41.8. The predicted molar refractivity (Wildman–Crippen MR) is 434 cm³/mol. The van der Waals surface area contributed by atoms with Gasteiger partial charge in [-0.15, -0.1) is 0 Å². The van der Waals surface area contributed by atoms with Gasteiger partial charge in [0.15, 0.2) is 18.2 Å². The Bertz CT molecular complexity index is 4090. The van der Waals surface area contributed by atoms with Crippen LogP contribution in [0.25, 0.3) is 0 Å². The fourth-order valence-electron chi connectivity index (χ4n) is 15.8. The maximum Gasteiger partial charge on any atom is 0.333 e. The average Bonchev–Trinajstić information content (AvgIpc) is 1.66. The number of nitrogens with one attached hydrogen (secondary N) is 8. The van der Waals surface area contributed by atoms with Crippen molar-refractivity contribution >= 4 is 76.8 Å². The zero-order valence-electron chi connectivity index (χ0n) is 69.3. The molecule has 10 rings (SSSR count). The molecule has 4 heterocycles. The molecule has 4 fully saturated rings. The van der Waals surface area contributed by atoms with Crippen LogP contribution in [0.3, 0.4) is 0 Å². The lowest BCUT2D eigenvalue weighted by Gasteiger charge is -2.35. The van der Waals surface area contributed by atoms with Crippen molar-refractivity contribution in [3.63, 3.8) is 0 Å². The van der Waals surface area contributed by atoms with Crippen LogP contribution in [0.1, 0.15) is 205 Å². The van der Waals surface area contributed by atoms with Crippen molar-refractivity contribution in [1.82, 2.24) is 52.3 Å². The van der Waals surface area contributed by atoms with E-state index in [1.165, 1.54) is 9.80 Å². The topological polar surface area (TPSA) is 400 Å². The van der Waals surface area contributed by atoms with Crippen LogP contribution in [0.4, 0.5) is 0 Å². The van der Waals surface area contributed by atoms with Crippen LogP contribution >= 0.6 is 0 Å². The molecule has 8 bridgehead atoms. The largest absolute Gasteiger partial charge is 0.493 e. The van der Waals surface area contributed by atoms with E-state index in [-0.39, 0.29) is 87.1 Å². The molecular formula is C88H120N10O20. The Labute approximate surface area is 690 Å². The van der Waals surface area contributed by atoms with Gasteiger partial charge in [-0.05, 0) is 138 Å². The van der Waals surface area contributed by atoms with E-state index in [0.717, 1.165) is 75.3 Å². The molecular weight excluding hydrogens is 1520 g/mol. The van der Waals surface area contributed by atoms with Crippen molar-refractivity contribution in [3.8, 4) is 11.5 Å². The van der Waals surface area contributed by atoms with Crippen molar-refractivity contribution in [1.29, 1.82) is 0 Å². The summed E-state index contributed by atoms with van der Waals surface area (Å²) in [6, 6.07) is 23.3. The lowest BCUT2D eigenvalue weighted by Crippen LogP contribution is -2.58. The smallest absolute Gasteiger partial charge is 0.333 e. The number of ketones is 1. The average molecular weight is 1640 g/mol. The number of amides is 10. The molecule has 2 aliphatic carbocycles. The van der Waals surface area contributed by atoms with Gasteiger partial charge >= 0.3 is 11.9 Å². The van der Waals surface area contributed by atoms with Crippen LogP contribution < -0.4 is 52.0 Å². The van der Waals surface area contributed by atoms with E-state index in [0.29, 0.717) is 74.7 Å². The van der Waals surface area contributed by atoms with Gasteiger partial charge in [-0.25, -0.2) is 9.59 Å². The maximum absolute atomic E-state index is 14.6. The van der Waals surface area contributed by atoms with E-state index in [2.05, 4.69) is 42.5 Å². The third-order valence-corrected chi connectivity index (χ3v) is 21.5. The number of hydrogen-bond acceptors (Lipinski definition) is 20. The second kappa shape index (κ2) is 44.5. The van der Waals surface area contributed by atoms with Gasteiger partial charge in [0.05, 0.1) is 76.7 Å². The van der Waals surface area contributed by atoms with Crippen molar-refractivity contribution in [3.05, 3.63) is 131 Å². The number of esters is 2. The fourth-order valence-corrected chi connectivity index (χ4v) is 15.8. The number of carbonyl (C=O) groups excluding carboxylic acids is 13. The zero-order valence-corrected chi connectivity index (χ0v) is 69.3. The highest BCUT2D eigenvalue weighted by molar-refractivity contribution is 6.38. The number of hydrogen-bond donors (Lipinski definition) is 9. The molecule has 10 amide bonds. The highest BCUT2D eigenvalue weighted by atomic mass is 16.6. The van der Waals surface area contributed by atoms with Crippen LogP contribution in [0, 0.1) is 11.8 Å².